The van der Waals surface area contributed by atoms with Crippen molar-refractivity contribution in [2.45, 2.75) is 31.6 Å². The van der Waals surface area contributed by atoms with Gasteiger partial charge in [0.15, 0.2) is 11.0 Å². The number of carbonyl (C=O) groups is 2. The summed E-state index contributed by atoms with van der Waals surface area (Å²) in [4.78, 5) is 25.0. The Morgan fingerprint density at radius 2 is 1.73 bits per heavy atom. The van der Waals surface area contributed by atoms with Gasteiger partial charge in [-0.15, -0.1) is 10.2 Å². The van der Waals surface area contributed by atoms with E-state index in [2.05, 4.69) is 20.8 Å². The molecule has 0 aliphatic heterocycles. The number of carbonyl (C=O) groups excluding carboxylic acids is 2. The second-order valence-corrected chi connectivity index (χ2v) is 9.56. The van der Waals surface area contributed by atoms with Gasteiger partial charge in [-0.3, -0.25) is 9.59 Å². The van der Waals surface area contributed by atoms with Gasteiger partial charge in [0.25, 0.3) is 5.91 Å². The molecule has 0 radical (unpaired) electrons. The van der Waals surface area contributed by atoms with Crippen LogP contribution in [0, 0.1) is 0 Å². The summed E-state index contributed by atoms with van der Waals surface area (Å²) >= 11 is 25.2. The zero-order chi connectivity index (χ0) is 24.1. The normalized spacial score (nSPS) is 11.8. The van der Waals surface area contributed by atoms with Gasteiger partial charge < -0.3 is 15.2 Å². The van der Waals surface area contributed by atoms with Gasteiger partial charge in [-0.05, 0) is 50.2 Å². The van der Waals surface area contributed by atoms with E-state index >= 15 is 0 Å². The SMILES string of the molecule is CCn1c(SCC(=O)Nc2cc(Cl)cc(Cl)c2)nnc1[C@H](C)NC(=O)c1ccc(Cl)cc1Cl. The highest BCUT2D eigenvalue weighted by Gasteiger charge is 2.21. The highest BCUT2D eigenvalue weighted by molar-refractivity contribution is 7.99. The monoisotopic (exact) mass is 545 g/mol. The average molecular weight is 547 g/mol. The zero-order valence-electron chi connectivity index (χ0n) is 17.5. The first kappa shape index (κ1) is 25.6. The minimum Gasteiger partial charge on any atom is -0.342 e. The van der Waals surface area contributed by atoms with E-state index in [-0.39, 0.29) is 22.6 Å². The van der Waals surface area contributed by atoms with E-state index < -0.39 is 6.04 Å². The number of thioether (sulfide) groups is 1. The lowest BCUT2D eigenvalue weighted by Gasteiger charge is -2.15. The third kappa shape index (κ3) is 6.77. The second kappa shape index (κ2) is 11.4. The Balaban J connectivity index is 1.65. The molecule has 0 bridgehead atoms. The molecule has 0 unspecified atom stereocenters. The third-order valence-electron chi connectivity index (χ3n) is 4.45. The standard InChI is InChI=1S/C21H19Cl4N5O2S/c1-3-30-19(11(2)26-20(32)16-5-4-12(22)9-17(16)25)28-29-21(30)33-10-18(31)27-15-7-13(23)6-14(24)8-15/h4-9,11H,3,10H2,1-2H3,(H,26,32)(H,27,31)/t11-/m0/s1. The minimum atomic E-state index is -0.450. The van der Waals surface area contributed by atoms with Crippen molar-refractivity contribution in [2.75, 3.05) is 11.1 Å². The number of rotatable bonds is 8. The molecule has 3 rings (SSSR count). The van der Waals surface area contributed by atoms with Crippen molar-refractivity contribution in [1.29, 1.82) is 0 Å². The zero-order valence-corrected chi connectivity index (χ0v) is 21.4. The van der Waals surface area contributed by atoms with E-state index in [0.717, 1.165) is 0 Å². The van der Waals surface area contributed by atoms with Crippen LogP contribution in [0.5, 0.6) is 0 Å². The summed E-state index contributed by atoms with van der Waals surface area (Å²) in [5, 5.41) is 16.1. The van der Waals surface area contributed by atoms with Crippen LogP contribution in [-0.4, -0.2) is 32.3 Å². The van der Waals surface area contributed by atoms with Gasteiger partial charge in [0, 0.05) is 27.3 Å². The van der Waals surface area contributed by atoms with Crippen molar-refractivity contribution in [3.8, 4) is 0 Å². The first-order valence-corrected chi connectivity index (χ1v) is 12.3. The van der Waals surface area contributed by atoms with Crippen LogP contribution in [0.25, 0.3) is 0 Å². The maximum absolute atomic E-state index is 12.6. The van der Waals surface area contributed by atoms with E-state index in [9.17, 15) is 9.59 Å². The maximum atomic E-state index is 12.6. The van der Waals surface area contributed by atoms with Crippen LogP contribution in [0.3, 0.4) is 0 Å². The fourth-order valence-electron chi connectivity index (χ4n) is 2.99. The summed E-state index contributed by atoms with van der Waals surface area (Å²) in [5.41, 5.74) is 0.816. The largest absolute Gasteiger partial charge is 0.342 e. The van der Waals surface area contributed by atoms with E-state index in [1.807, 2.05) is 11.5 Å². The Hall–Kier alpha value is -1.97. The molecule has 2 amide bonds. The Morgan fingerprint density at radius 1 is 1.03 bits per heavy atom. The number of hydrogen-bond donors (Lipinski definition) is 2. The van der Waals surface area contributed by atoms with Gasteiger partial charge in [-0.2, -0.15) is 0 Å². The van der Waals surface area contributed by atoms with Gasteiger partial charge in [0.2, 0.25) is 5.91 Å². The van der Waals surface area contributed by atoms with Gasteiger partial charge in [0.1, 0.15) is 0 Å². The number of hydrogen-bond acceptors (Lipinski definition) is 5. The molecule has 1 heterocycles. The van der Waals surface area contributed by atoms with Crippen molar-refractivity contribution in [2.24, 2.45) is 0 Å². The van der Waals surface area contributed by atoms with E-state index in [0.29, 0.717) is 43.8 Å². The van der Waals surface area contributed by atoms with Crippen LogP contribution < -0.4 is 10.6 Å². The fraction of sp³-hybridized carbons (Fsp3) is 0.238. The molecule has 1 atom stereocenters. The van der Waals surface area contributed by atoms with E-state index in [4.69, 9.17) is 46.4 Å². The van der Waals surface area contributed by atoms with Crippen LogP contribution in [-0.2, 0) is 11.3 Å². The number of nitrogens with zero attached hydrogens (tertiary/aromatic N) is 3. The third-order valence-corrected chi connectivity index (χ3v) is 6.40. The minimum absolute atomic E-state index is 0.101. The van der Waals surface area contributed by atoms with Gasteiger partial charge in [0.05, 0.1) is 22.4 Å². The fourth-order valence-corrected chi connectivity index (χ4v) is 4.82. The number of aromatic nitrogens is 3. The van der Waals surface area contributed by atoms with Crippen molar-refractivity contribution in [1.82, 2.24) is 20.1 Å². The molecule has 174 valence electrons. The summed E-state index contributed by atoms with van der Waals surface area (Å²) in [6.07, 6.45) is 0. The van der Waals surface area contributed by atoms with Crippen LogP contribution in [0.15, 0.2) is 41.6 Å². The van der Waals surface area contributed by atoms with Gasteiger partial charge in [-0.25, -0.2) is 0 Å². The Labute approximate surface area is 215 Å². The lowest BCUT2D eigenvalue weighted by Crippen LogP contribution is -2.29. The van der Waals surface area contributed by atoms with Crippen molar-refractivity contribution >= 4 is 75.7 Å². The number of anilines is 1. The van der Waals surface area contributed by atoms with Gasteiger partial charge >= 0.3 is 0 Å². The molecule has 0 aliphatic carbocycles. The Bertz CT molecular complexity index is 1170. The van der Waals surface area contributed by atoms with Crippen molar-refractivity contribution in [3.05, 3.63) is 67.9 Å². The summed E-state index contributed by atoms with van der Waals surface area (Å²) in [6.45, 7) is 4.27. The highest BCUT2D eigenvalue weighted by atomic mass is 35.5. The van der Waals surface area contributed by atoms with Gasteiger partial charge in [-0.1, -0.05) is 58.2 Å². The van der Waals surface area contributed by atoms with Crippen LogP contribution in [0.1, 0.15) is 36.1 Å². The Morgan fingerprint density at radius 3 is 2.36 bits per heavy atom. The molecule has 3 aromatic rings. The molecule has 0 saturated carbocycles. The van der Waals surface area contributed by atoms with Crippen LogP contribution in [0.2, 0.25) is 20.1 Å². The van der Waals surface area contributed by atoms with E-state index in [1.54, 1.807) is 37.3 Å². The lowest BCUT2D eigenvalue weighted by atomic mass is 10.2. The maximum Gasteiger partial charge on any atom is 0.253 e. The molecule has 0 fully saturated rings. The van der Waals surface area contributed by atoms with Crippen molar-refractivity contribution in [3.63, 3.8) is 0 Å². The second-order valence-electron chi connectivity index (χ2n) is 6.90. The molecular weight excluding hydrogens is 528 g/mol. The van der Waals surface area contributed by atoms with Crippen LogP contribution >= 0.6 is 58.2 Å². The molecule has 33 heavy (non-hydrogen) atoms. The molecule has 0 aliphatic rings. The number of halogens is 4. The Kier molecular flexibility index (Phi) is 8.89. The highest BCUT2D eigenvalue weighted by Crippen LogP contribution is 2.25. The molecule has 7 nitrogen and oxygen atoms in total. The summed E-state index contributed by atoms with van der Waals surface area (Å²) < 4.78 is 1.84. The molecule has 2 aromatic carbocycles. The first-order valence-electron chi connectivity index (χ1n) is 9.75. The first-order chi connectivity index (χ1) is 15.7. The molecule has 0 saturated heterocycles. The molecule has 12 heteroatoms. The molecule has 2 N–H and O–H groups in total. The lowest BCUT2D eigenvalue weighted by molar-refractivity contribution is -0.113. The molecule has 1 aromatic heterocycles. The average Bonchev–Trinajstić information content (AvgIpc) is 3.14. The number of nitrogens with one attached hydrogen (secondary N) is 2. The molecular formula is C21H19Cl4N5O2S. The summed E-state index contributed by atoms with van der Waals surface area (Å²) in [7, 11) is 0. The van der Waals surface area contributed by atoms with Crippen molar-refractivity contribution < 1.29 is 9.59 Å². The predicted molar refractivity (Wildman–Crippen MR) is 134 cm³/mol. The quantitative estimate of drug-likeness (QED) is 0.331. The van der Waals surface area contributed by atoms with E-state index in [1.165, 1.54) is 17.8 Å². The number of amides is 2. The smallest absolute Gasteiger partial charge is 0.253 e. The van der Waals surface area contributed by atoms with Crippen LogP contribution in [0.4, 0.5) is 5.69 Å². The number of benzene rings is 2. The summed E-state index contributed by atoms with van der Waals surface area (Å²) in [5.74, 6) is 0.0527. The topological polar surface area (TPSA) is 88.9 Å². The predicted octanol–water partition coefficient (Wildman–Crippen LogP) is 6.13. The summed E-state index contributed by atoms with van der Waals surface area (Å²) in [6, 6.07) is 9.02. The molecule has 0 spiro atoms.